The highest BCUT2D eigenvalue weighted by atomic mass is 32.2. The molecule has 1 amide bonds. The molecule has 0 radical (unpaired) electrons. The van der Waals surface area contributed by atoms with Crippen LogP contribution in [0.15, 0.2) is 54.6 Å². The summed E-state index contributed by atoms with van der Waals surface area (Å²) in [6.07, 6.45) is 2.97. The van der Waals surface area contributed by atoms with Crippen LogP contribution in [0.1, 0.15) is 30.4 Å². The number of nitriles is 1. The zero-order valence-electron chi connectivity index (χ0n) is 17.0. The molecule has 0 saturated carbocycles. The molecular formula is C23H27N3O3S. The third-order valence-electron chi connectivity index (χ3n) is 5.36. The summed E-state index contributed by atoms with van der Waals surface area (Å²) in [5.74, 6) is -0.426. The number of aryl methyl sites for hydroxylation is 1. The molecule has 158 valence electrons. The average Bonchev–Trinajstić information content (AvgIpc) is 2.76. The minimum absolute atomic E-state index is 0.0938. The van der Waals surface area contributed by atoms with E-state index in [1.807, 2.05) is 42.5 Å². The SMILES string of the molecule is N#CCc1ccc(NC(=O)[C@@H]2CCCN(S(=O)(=O)CCCc3ccccc3)C2)cc1. The monoisotopic (exact) mass is 425 g/mol. The van der Waals surface area contributed by atoms with Crippen molar-refractivity contribution < 1.29 is 13.2 Å². The lowest BCUT2D eigenvalue weighted by Gasteiger charge is -2.31. The molecule has 0 aromatic heterocycles. The van der Waals surface area contributed by atoms with Gasteiger partial charge < -0.3 is 5.32 Å². The van der Waals surface area contributed by atoms with Gasteiger partial charge in [0.2, 0.25) is 15.9 Å². The molecule has 2 aromatic carbocycles. The number of sulfonamides is 1. The maximum Gasteiger partial charge on any atom is 0.228 e. The summed E-state index contributed by atoms with van der Waals surface area (Å²) in [4.78, 5) is 12.7. The number of carbonyl (C=O) groups excluding carboxylic acids is 1. The molecule has 1 saturated heterocycles. The molecule has 1 N–H and O–H groups in total. The van der Waals surface area contributed by atoms with Crippen LogP contribution in [0.4, 0.5) is 5.69 Å². The van der Waals surface area contributed by atoms with Crippen molar-refractivity contribution in [2.75, 3.05) is 24.2 Å². The molecule has 3 rings (SSSR count). The van der Waals surface area contributed by atoms with Gasteiger partial charge >= 0.3 is 0 Å². The van der Waals surface area contributed by atoms with Gasteiger partial charge in [-0.15, -0.1) is 0 Å². The molecule has 6 nitrogen and oxygen atoms in total. The van der Waals surface area contributed by atoms with Gasteiger partial charge in [0.1, 0.15) is 0 Å². The number of benzene rings is 2. The van der Waals surface area contributed by atoms with Gasteiger partial charge in [0, 0.05) is 18.8 Å². The molecule has 30 heavy (non-hydrogen) atoms. The second-order valence-electron chi connectivity index (χ2n) is 7.62. The van der Waals surface area contributed by atoms with Crippen molar-refractivity contribution in [2.45, 2.75) is 32.1 Å². The van der Waals surface area contributed by atoms with Crippen molar-refractivity contribution in [3.05, 3.63) is 65.7 Å². The Balaban J connectivity index is 1.53. The van der Waals surface area contributed by atoms with Crippen LogP contribution in [0.3, 0.4) is 0 Å². The average molecular weight is 426 g/mol. The molecule has 1 fully saturated rings. The Morgan fingerprint density at radius 1 is 1.10 bits per heavy atom. The fourth-order valence-electron chi connectivity index (χ4n) is 3.68. The minimum atomic E-state index is -3.38. The van der Waals surface area contributed by atoms with Crippen LogP contribution in [-0.2, 0) is 27.7 Å². The highest BCUT2D eigenvalue weighted by Crippen LogP contribution is 2.22. The molecule has 0 spiro atoms. The highest BCUT2D eigenvalue weighted by molar-refractivity contribution is 7.89. The molecule has 7 heteroatoms. The Kier molecular flexibility index (Phi) is 7.61. The highest BCUT2D eigenvalue weighted by Gasteiger charge is 2.32. The molecular weight excluding hydrogens is 398 g/mol. The summed E-state index contributed by atoms with van der Waals surface area (Å²) in [5, 5.41) is 11.6. The lowest BCUT2D eigenvalue weighted by molar-refractivity contribution is -0.120. The first-order chi connectivity index (χ1) is 14.5. The summed E-state index contributed by atoms with van der Waals surface area (Å²) in [6, 6.07) is 19.1. The second kappa shape index (κ2) is 10.4. The molecule has 1 aliphatic rings. The van der Waals surface area contributed by atoms with E-state index in [0.717, 1.165) is 17.5 Å². The molecule has 1 heterocycles. The first-order valence-electron chi connectivity index (χ1n) is 10.3. The normalized spacial score (nSPS) is 17.2. The van der Waals surface area contributed by atoms with Crippen molar-refractivity contribution in [3.8, 4) is 6.07 Å². The molecule has 0 bridgehead atoms. The van der Waals surface area contributed by atoms with Crippen molar-refractivity contribution in [1.29, 1.82) is 5.26 Å². The van der Waals surface area contributed by atoms with Crippen LogP contribution in [0.5, 0.6) is 0 Å². The van der Waals surface area contributed by atoms with Crippen LogP contribution >= 0.6 is 0 Å². The predicted molar refractivity (Wildman–Crippen MR) is 117 cm³/mol. The Labute approximate surface area is 178 Å². The van der Waals surface area contributed by atoms with Crippen molar-refractivity contribution in [3.63, 3.8) is 0 Å². The van der Waals surface area contributed by atoms with E-state index in [0.29, 0.717) is 37.9 Å². The Bertz CT molecular complexity index is 983. The quantitative estimate of drug-likeness (QED) is 0.702. The number of anilines is 1. The third kappa shape index (κ3) is 6.15. The molecule has 1 atom stereocenters. The zero-order valence-corrected chi connectivity index (χ0v) is 17.8. The van der Waals surface area contributed by atoms with Crippen molar-refractivity contribution >= 4 is 21.6 Å². The summed E-state index contributed by atoms with van der Waals surface area (Å²) < 4.78 is 27.0. The van der Waals surface area contributed by atoms with Crippen LogP contribution in [0.2, 0.25) is 0 Å². The number of rotatable bonds is 8. The fourth-order valence-corrected chi connectivity index (χ4v) is 5.26. The van der Waals surface area contributed by atoms with E-state index in [2.05, 4.69) is 11.4 Å². The lowest BCUT2D eigenvalue weighted by Crippen LogP contribution is -2.44. The first-order valence-corrected chi connectivity index (χ1v) is 11.9. The van der Waals surface area contributed by atoms with Crippen molar-refractivity contribution in [1.82, 2.24) is 4.31 Å². The van der Waals surface area contributed by atoms with E-state index in [1.165, 1.54) is 4.31 Å². The van der Waals surface area contributed by atoms with Gasteiger partial charge in [-0.25, -0.2) is 12.7 Å². The van der Waals surface area contributed by atoms with Gasteiger partial charge in [-0.1, -0.05) is 42.5 Å². The maximum atomic E-state index is 12.8. The van der Waals surface area contributed by atoms with Crippen LogP contribution in [0.25, 0.3) is 0 Å². The van der Waals surface area contributed by atoms with E-state index >= 15 is 0 Å². The zero-order chi connectivity index (χ0) is 21.4. The maximum absolute atomic E-state index is 12.8. The Morgan fingerprint density at radius 3 is 2.53 bits per heavy atom. The number of hydrogen-bond acceptors (Lipinski definition) is 4. The van der Waals surface area contributed by atoms with E-state index in [4.69, 9.17) is 5.26 Å². The number of amides is 1. The summed E-state index contributed by atoms with van der Waals surface area (Å²) >= 11 is 0. The molecule has 1 aliphatic heterocycles. The number of piperidine rings is 1. The number of hydrogen-bond donors (Lipinski definition) is 1. The number of carbonyl (C=O) groups is 1. The standard InChI is InChI=1S/C23H27N3O3S/c24-15-14-20-10-12-22(13-11-20)25-23(27)21-9-4-16-26(18-21)30(28,29)17-5-8-19-6-2-1-3-7-19/h1-3,6-7,10-13,21H,4-5,8-9,14,16-18H2,(H,25,27)/t21-/m1/s1. The van der Waals surface area contributed by atoms with Gasteiger partial charge in [-0.2, -0.15) is 5.26 Å². The van der Waals surface area contributed by atoms with Crippen LogP contribution < -0.4 is 5.32 Å². The lowest BCUT2D eigenvalue weighted by atomic mass is 9.98. The van der Waals surface area contributed by atoms with Gasteiger partial charge in [0.05, 0.1) is 24.2 Å². The van der Waals surface area contributed by atoms with Gasteiger partial charge in [-0.3, -0.25) is 4.79 Å². The largest absolute Gasteiger partial charge is 0.326 e. The van der Waals surface area contributed by atoms with Gasteiger partial charge in [-0.05, 0) is 48.9 Å². The smallest absolute Gasteiger partial charge is 0.228 e. The third-order valence-corrected chi connectivity index (χ3v) is 7.29. The van der Waals surface area contributed by atoms with Crippen LogP contribution in [-0.4, -0.2) is 37.5 Å². The second-order valence-corrected chi connectivity index (χ2v) is 9.71. The number of nitrogens with zero attached hydrogens (tertiary/aromatic N) is 2. The topological polar surface area (TPSA) is 90.3 Å². The van der Waals surface area contributed by atoms with E-state index in [9.17, 15) is 13.2 Å². The molecule has 2 aromatic rings. The summed E-state index contributed by atoms with van der Waals surface area (Å²) in [5.41, 5.74) is 2.68. The fraction of sp³-hybridized carbons (Fsp3) is 0.391. The van der Waals surface area contributed by atoms with Crippen LogP contribution in [0, 0.1) is 17.2 Å². The Hall–Kier alpha value is -2.69. The van der Waals surface area contributed by atoms with Crippen molar-refractivity contribution in [2.24, 2.45) is 5.92 Å². The van der Waals surface area contributed by atoms with Gasteiger partial charge in [0.25, 0.3) is 0 Å². The van der Waals surface area contributed by atoms with E-state index < -0.39 is 10.0 Å². The first kappa shape index (κ1) is 22.0. The Morgan fingerprint density at radius 2 is 1.83 bits per heavy atom. The molecule has 0 unspecified atom stereocenters. The van der Waals surface area contributed by atoms with E-state index in [1.54, 1.807) is 12.1 Å². The van der Waals surface area contributed by atoms with E-state index in [-0.39, 0.29) is 24.1 Å². The summed E-state index contributed by atoms with van der Waals surface area (Å²) in [6.45, 7) is 0.701. The summed E-state index contributed by atoms with van der Waals surface area (Å²) in [7, 11) is -3.38. The van der Waals surface area contributed by atoms with Gasteiger partial charge in [0.15, 0.2) is 0 Å². The number of nitrogens with one attached hydrogen (secondary N) is 1. The predicted octanol–water partition coefficient (Wildman–Crippen LogP) is 3.37. The molecule has 0 aliphatic carbocycles. The minimum Gasteiger partial charge on any atom is -0.326 e.